The molecule has 0 atom stereocenters. The fraction of sp³-hybridized carbons (Fsp3) is 0.250. The van der Waals surface area contributed by atoms with Gasteiger partial charge in [-0.1, -0.05) is 35.5 Å². The lowest BCUT2D eigenvalue weighted by atomic mass is 10.0. The van der Waals surface area contributed by atoms with Gasteiger partial charge in [0.15, 0.2) is 0 Å². The van der Waals surface area contributed by atoms with Crippen molar-refractivity contribution in [2.24, 2.45) is 0 Å². The standard InChI is InChI=1S/C20H16F3NO3/c21-20(22,23)26-17-9-5-4-8-15(17)18-16(19(27-24-18)13-10-11-13)12-25-14-6-2-1-3-7-14/h1-9,13H,10-12H2. The monoisotopic (exact) mass is 375 g/mol. The van der Waals surface area contributed by atoms with E-state index in [1.54, 1.807) is 6.07 Å². The maximum atomic E-state index is 12.8. The van der Waals surface area contributed by atoms with Gasteiger partial charge in [0.05, 0.1) is 5.56 Å². The molecule has 4 nitrogen and oxygen atoms in total. The zero-order chi connectivity index (χ0) is 18.9. The van der Waals surface area contributed by atoms with Gasteiger partial charge in [0.25, 0.3) is 0 Å². The van der Waals surface area contributed by atoms with Gasteiger partial charge in [0.2, 0.25) is 0 Å². The van der Waals surface area contributed by atoms with Gasteiger partial charge in [-0.25, -0.2) is 0 Å². The predicted octanol–water partition coefficient (Wildman–Crippen LogP) is 5.70. The summed E-state index contributed by atoms with van der Waals surface area (Å²) in [6.07, 6.45) is -2.86. The van der Waals surface area contributed by atoms with Crippen molar-refractivity contribution >= 4 is 0 Å². The number of rotatable bonds is 6. The zero-order valence-corrected chi connectivity index (χ0v) is 14.2. The summed E-state index contributed by atoms with van der Waals surface area (Å²) in [5.74, 6) is 1.24. The minimum atomic E-state index is -4.79. The number of hydrogen-bond acceptors (Lipinski definition) is 4. The molecule has 0 spiro atoms. The van der Waals surface area contributed by atoms with Crippen LogP contribution in [0.25, 0.3) is 11.3 Å². The Bertz CT molecular complexity index is 918. The Balaban J connectivity index is 1.69. The molecule has 1 fully saturated rings. The average Bonchev–Trinajstić information content (AvgIpc) is 3.40. The number of halogens is 3. The van der Waals surface area contributed by atoms with E-state index < -0.39 is 6.36 Å². The molecular weight excluding hydrogens is 359 g/mol. The minimum absolute atomic E-state index is 0.148. The molecule has 3 aromatic rings. The quantitative estimate of drug-likeness (QED) is 0.555. The van der Waals surface area contributed by atoms with E-state index in [0.717, 1.165) is 12.8 Å². The lowest BCUT2D eigenvalue weighted by Crippen LogP contribution is -2.17. The third-order valence-electron chi connectivity index (χ3n) is 4.26. The highest BCUT2D eigenvalue weighted by Gasteiger charge is 2.35. The first-order valence-electron chi connectivity index (χ1n) is 8.53. The largest absolute Gasteiger partial charge is 0.573 e. The lowest BCUT2D eigenvalue weighted by Gasteiger charge is -2.13. The Morgan fingerprint density at radius 1 is 1.00 bits per heavy atom. The molecular formula is C20H16F3NO3. The van der Waals surface area contributed by atoms with E-state index in [2.05, 4.69) is 9.89 Å². The molecule has 0 bridgehead atoms. The van der Waals surface area contributed by atoms with Crippen molar-refractivity contribution in [2.75, 3.05) is 0 Å². The highest BCUT2D eigenvalue weighted by Crippen LogP contribution is 2.45. The van der Waals surface area contributed by atoms with Crippen LogP contribution in [-0.2, 0) is 6.61 Å². The Morgan fingerprint density at radius 2 is 1.70 bits per heavy atom. The van der Waals surface area contributed by atoms with Crippen LogP contribution in [0, 0.1) is 0 Å². The van der Waals surface area contributed by atoms with E-state index in [1.807, 2.05) is 30.3 Å². The lowest BCUT2D eigenvalue weighted by molar-refractivity contribution is -0.274. The molecule has 1 aromatic heterocycles. The Labute approximate surface area is 153 Å². The second kappa shape index (κ2) is 6.98. The van der Waals surface area contributed by atoms with E-state index in [-0.39, 0.29) is 23.8 Å². The fourth-order valence-corrected chi connectivity index (χ4v) is 2.89. The summed E-state index contributed by atoms with van der Waals surface area (Å²) in [6.45, 7) is 0.148. The molecule has 0 amide bonds. The van der Waals surface area contributed by atoms with Crippen LogP contribution in [0.5, 0.6) is 11.5 Å². The summed E-state index contributed by atoms with van der Waals surface area (Å²) < 4.78 is 53.7. The van der Waals surface area contributed by atoms with Gasteiger partial charge >= 0.3 is 6.36 Å². The Morgan fingerprint density at radius 3 is 2.41 bits per heavy atom. The second-order valence-electron chi connectivity index (χ2n) is 6.29. The molecule has 1 aliphatic rings. The first-order valence-corrected chi connectivity index (χ1v) is 8.53. The van der Waals surface area contributed by atoms with Crippen LogP contribution in [0.15, 0.2) is 59.1 Å². The number of aromatic nitrogens is 1. The van der Waals surface area contributed by atoms with Crippen molar-refractivity contribution in [3.63, 3.8) is 0 Å². The van der Waals surface area contributed by atoms with Crippen molar-refractivity contribution in [3.05, 3.63) is 65.9 Å². The van der Waals surface area contributed by atoms with Crippen molar-refractivity contribution in [1.29, 1.82) is 0 Å². The summed E-state index contributed by atoms with van der Waals surface area (Å²) in [5.41, 5.74) is 1.18. The summed E-state index contributed by atoms with van der Waals surface area (Å²) in [4.78, 5) is 0. The van der Waals surface area contributed by atoms with E-state index in [0.29, 0.717) is 22.8 Å². The average molecular weight is 375 g/mol. The van der Waals surface area contributed by atoms with E-state index in [1.165, 1.54) is 18.2 Å². The van der Waals surface area contributed by atoms with Crippen LogP contribution in [0.4, 0.5) is 13.2 Å². The van der Waals surface area contributed by atoms with Crippen molar-refractivity contribution in [2.45, 2.75) is 31.7 Å². The molecule has 1 aliphatic carbocycles. The van der Waals surface area contributed by atoms with Crippen molar-refractivity contribution < 1.29 is 27.2 Å². The summed E-state index contributed by atoms with van der Waals surface area (Å²) in [6, 6.07) is 15.1. The van der Waals surface area contributed by atoms with Crippen LogP contribution in [0.2, 0.25) is 0 Å². The summed E-state index contributed by atoms with van der Waals surface area (Å²) in [7, 11) is 0. The molecule has 4 rings (SSSR count). The summed E-state index contributed by atoms with van der Waals surface area (Å²) >= 11 is 0. The molecule has 2 aromatic carbocycles. The third-order valence-corrected chi connectivity index (χ3v) is 4.26. The molecule has 0 unspecified atom stereocenters. The maximum absolute atomic E-state index is 12.8. The van der Waals surface area contributed by atoms with Crippen LogP contribution in [-0.4, -0.2) is 11.5 Å². The fourth-order valence-electron chi connectivity index (χ4n) is 2.89. The molecule has 0 radical (unpaired) electrons. The first kappa shape index (κ1) is 17.5. The van der Waals surface area contributed by atoms with Crippen LogP contribution in [0.1, 0.15) is 30.1 Å². The number of ether oxygens (including phenoxy) is 2. The molecule has 0 saturated heterocycles. The number of hydrogen-bond donors (Lipinski definition) is 0. The van der Waals surface area contributed by atoms with Gasteiger partial charge < -0.3 is 14.0 Å². The highest BCUT2D eigenvalue weighted by atomic mass is 19.4. The smallest absolute Gasteiger partial charge is 0.489 e. The number of alkyl halides is 3. The normalized spacial score (nSPS) is 14.2. The van der Waals surface area contributed by atoms with Gasteiger partial charge in [0.1, 0.15) is 29.6 Å². The van der Waals surface area contributed by atoms with Gasteiger partial charge in [-0.05, 0) is 37.1 Å². The molecule has 27 heavy (non-hydrogen) atoms. The zero-order valence-electron chi connectivity index (χ0n) is 14.2. The van der Waals surface area contributed by atoms with Crippen molar-refractivity contribution in [3.8, 4) is 22.8 Å². The molecule has 0 N–H and O–H groups in total. The summed E-state index contributed by atoms with van der Waals surface area (Å²) in [5, 5.41) is 4.05. The maximum Gasteiger partial charge on any atom is 0.573 e. The van der Waals surface area contributed by atoms with E-state index in [9.17, 15) is 13.2 Å². The number of para-hydroxylation sites is 2. The molecule has 1 heterocycles. The highest BCUT2D eigenvalue weighted by molar-refractivity contribution is 5.70. The van der Waals surface area contributed by atoms with Gasteiger partial charge in [-0.2, -0.15) is 0 Å². The van der Waals surface area contributed by atoms with E-state index >= 15 is 0 Å². The van der Waals surface area contributed by atoms with Crippen LogP contribution in [0.3, 0.4) is 0 Å². The molecule has 140 valence electrons. The van der Waals surface area contributed by atoms with Gasteiger partial charge in [-0.15, -0.1) is 13.2 Å². The van der Waals surface area contributed by atoms with Crippen LogP contribution >= 0.6 is 0 Å². The van der Waals surface area contributed by atoms with Crippen LogP contribution < -0.4 is 9.47 Å². The van der Waals surface area contributed by atoms with Gasteiger partial charge in [-0.3, -0.25) is 0 Å². The molecule has 0 aliphatic heterocycles. The second-order valence-corrected chi connectivity index (χ2v) is 6.29. The minimum Gasteiger partial charge on any atom is -0.489 e. The SMILES string of the molecule is FC(F)(F)Oc1ccccc1-c1noc(C2CC2)c1COc1ccccc1. The van der Waals surface area contributed by atoms with Gasteiger partial charge in [0, 0.05) is 11.5 Å². The number of nitrogens with zero attached hydrogens (tertiary/aromatic N) is 1. The third kappa shape index (κ3) is 4.07. The Hall–Kier alpha value is -2.96. The number of benzene rings is 2. The Kier molecular flexibility index (Phi) is 4.51. The van der Waals surface area contributed by atoms with Crippen molar-refractivity contribution in [1.82, 2.24) is 5.16 Å². The first-order chi connectivity index (χ1) is 13.0. The molecule has 1 saturated carbocycles. The van der Waals surface area contributed by atoms with E-state index in [4.69, 9.17) is 9.26 Å². The predicted molar refractivity (Wildman–Crippen MR) is 91.4 cm³/mol. The topological polar surface area (TPSA) is 44.5 Å². The molecule has 7 heteroatoms.